The van der Waals surface area contributed by atoms with E-state index in [1.54, 1.807) is 18.2 Å². The van der Waals surface area contributed by atoms with Crippen LogP contribution in [-0.4, -0.2) is 30.5 Å². The number of nitrogens with one attached hydrogen (secondary N) is 1. The number of carbonyl (C=O) groups is 1. The summed E-state index contributed by atoms with van der Waals surface area (Å²) in [5.41, 5.74) is 0.101. The lowest BCUT2D eigenvalue weighted by Gasteiger charge is -2.24. The van der Waals surface area contributed by atoms with E-state index in [9.17, 15) is 4.79 Å². The lowest BCUT2D eigenvalue weighted by molar-refractivity contribution is 0.0919. The molecule has 1 aromatic carbocycles. The van der Waals surface area contributed by atoms with Crippen molar-refractivity contribution in [1.82, 2.24) is 5.32 Å². The van der Waals surface area contributed by atoms with E-state index >= 15 is 0 Å². The highest BCUT2D eigenvalue weighted by Crippen LogP contribution is 2.30. The SMILES string of the molecule is CC(C)(CCl)NC(=O)c1ccc2c(c1)OCCO2. The molecule has 1 aromatic rings. The van der Waals surface area contributed by atoms with Gasteiger partial charge in [-0.2, -0.15) is 0 Å². The maximum atomic E-state index is 12.0. The zero-order valence-electron chi connectivity index (χ0n) is 10.5. The van der Waals surface area contributed by atoms with Gasteiger partial charge in [-0.1, -0.05) is 0 Å². The van der Waals surface area contributed by atoms with Crippen molar-refractivity contribution in [3.8, 4) is 11.5 Å². The fourth-order valence-electron chi connectivity index (χ4n) is 1.60. The number of carbonyl (C=O) groups excluding carboxylic acids is 1. The van der Waals surface area contributed by atoms with Gasteiger partial charge in [0.1, 0.15) is 13.2 Å². The number of halogens is 1. The number of amides is 1. The summed E-state index contributed by atoms with van der Waals surface area (Å²) in [6.07, 6.45) is 0. The quantitative estimate of drug-likeness (QED) is 0.856. The van der Waals surface area contributed by atoms with E-state index in [-0.39, 0.29) is 5.91 Å². The van der Waals surface area contributed by atoms with Crippen LogP contribution in [0.15, 0.2) is 18.2 Å². The molecule has 98 valence electrons. The van der Waals surface area contributed by atoms with Crippen molar-refractivity contribution in [2.75, 3.05) is 19.1 Å². The van der Waals surface area contributed by atoms with Crippen molar-refractivity contribution in [2.45, 2.75) is 19.4 Å². The topological polar surface area (TPSA) is 47.6 Å². The van der Waals surface area contributed by atoms with Crippen LogP contribution in [0.1, 0.15) is 24.2 Å². The lowest BCUT2D eigenvalue weighted by Crippen LogP contribution is -2.44. The van der Waals surface area contributed by atoms with E-state index < -0.39 is 5.54 Å². The molecule has 0 saturated heterocycles. The van der Waals surface area contributed by atoms with Gasteiger partial charge < -0.3 is 14.8 Å². The number of fused-ring (bicyclic) bond motifs is 1. The van der Waals surface area contributed by atoms with E-state index in [1.165, 1.54) is 0 Å². The minimum atomic E-state index is -0.439. The second-order valence-electron chi connectivity index (χ2n) is 4.83. The van der Waals surface area contributed by atoms with Crippen LogP contribution in [0, 0.1) is 0 Å². The Morgan fingerprint density at radius 3 is 2.67 bits per heavy atom. The van der Waals surface area contributed by atoms with Crippen LogP contribution < -0.4 is 14.8 Å². The normalized spacial score (nSPS) is 14.2. The van der Waals surface area contributed by atoms with Gasteiger partial charge in [0.05, 0.1) is 0 Å². The smallest absolute Gasteiger partial charge is 0.251 e. The number of benzene rings is 1. The van der Waals surface area contributed by atoms with Crippen LogP contribution in [0.4, 0.5) is 0 Å². The molecule has 0 aromatic heterocycles. The maximum Gasteiger partial charge on any atom is 0.251 e. The summed E-state index contributed by atoms with van der Waals surface area (Å²) in [6.45, 7) is 4.79. The van der Waals surface area contributed by atoms with E-state index in [0.29, 0.717) is 36.2 Å². The third kappa shape index (κ3) is 2.88. The zero-order chi connectivity index (χ0) is 13.2. The maximum absolute atomic E-state index is 12.0. The fourth-order valence-corrected chi connectivity index (χ4v) is 1.66. The number of rotatable bonds is 3. The summed E-state index contributed by atoms with van der Waals surface area (Å²) in [7, 11) is 0. The molecule has 0 atom stereocenters. The molecule has 1 aliphatic rings. The predicted molar refractivity (Wildman–Crippen MR) is 69.7 cm³/mol. The second-order valence-corrected chi connectivity index (χ2v) is 5.10. The monoisotopic (exact) mass is 269 g/mol. The highest BCUT2D eigenvalue weighted by Gasteiger charge is 2.21. The van der Waals surface area contributed by atoms with Gasteiger partial charge in [0.25, 0.3) is 5.91 Å². The summed E-state index contributed by atoms with van der Waals surface area (Å²) < 4.78 is 10.8. The number of hydrogen-bond acceptors (Lipinski definition) is 3. The first-order valence-corrected chi connectivity index (χ1v) is 6.33. The molecule has 0 saturated carbocycles. The van der Waals surface area contributed by atoms with Crippen molar-refractivity contribution >= 4 is 17.5 Å². The molecule has 0 radical (unpaired) electrons. The largest absolute Gasteiger partial charge is 0.486 e. The summed E-state index contributed by atoms with van der Waals surface area (Å²) in [5.74, 6) is 1.47. The molecule has 0 aliphatic carbocycles. The molecule has 0 spiro atoms. The van der Waals surface area contributed by atoms with Crippen LogP contribution in [0.25, 0.3) is 0 Å². The van der Waals surface area contributed by atoms with E-state index in [0.717, 1.165) is 0 Å². The molecule has 0 fully saturated rings. The minimum absolute atomic E-state index is 0.169. The van der Waals surface area contributed by atoms with E-state index in [2.05, 4.69) is 5.32 Å². The Hall–Kier alpha value is -1.42. The van der Waals surface area contributed by atoms with Gasteiger partial charge in [-0.05, 0) is 32.0 Å². The summed E-state index contributed by atoms with van der Waals surface area (Å²) in [5, 5.41) is 2.86. The Morgan fingerprint density at radius 1 is 1.33 bits per heavy atom. The first-order valence-electron chi connectivity index (χ1n) is 5.80. The van der Waals surface area contributed by atoms with Crippen LogP contribution in [0.5, 0.6) is 11.5 Å². The molecular formula is C13H16ClNO3. The average Bonchev–Trinajstić information content (AvgIpc) is 2.37. The molecule has 5 heteroatoms. The van der Waals surface area contributed by atoms with Crippen LogP contribution in [0.3, 0.4) is 0 Å². The number of ether oxygens (including phenoxy) is 2. The fraction of sp³-hybridized carbons (Fsp3) is 0.462. The van der Waals surface area contributed by atoms with E-state index in [4.69, 9.17) is 21.1 Å². The first kappa shape index (κ1) is 13.0. The Kier molecular flexibility index (Phi) is 3.66. The van der Waals surface area contributed by atoms with Crippen molar-refractivity contribution in [2.24, 2.45) is 0 Å². The Morgan fingerprint density at radius 2 is 2.00 bits per heavy atom. The Bertz CT molecular complexity index is 460. The summed E-state index contributed by atoms with van der Waals surface area (Å²) in [6, 6.07) is 5.15. The molecule has 0 unspecified atom stereocenters. The summed E-state index contributed by atoms with van der Waals surface area (Å²) >= 11 is 5.78. The molecule has 18 heavy (non-hydrogen) atoms. The van der Waals surface area contributed by atoms with Gasteiger partial charge in [-0.15, -0.1) is 11.6 Å². The molecule has 0 bridgehead atoms. The van der Waals surface area contributed by atoms with Crippen molar-refractivity contribution in [1.29, 1.82) is 0 Å². The zero-order valence-corrected chi connectivity index (χ0v) is 11.2. The third-order valence-electron chi connectivity index (χ3n) is 2.59. The molecule has 2 rings (SSSR count). The highest BCUT2D eigenvalue weighted by molar-refractivity contribution is 6.18. The van der Waals surface area contributed by atoms with E-state index in [1.807, 2.05) is 13.8 Å². The van der Waals surface area contributed by atoms with Crippen molar-refractivity contribution < 1.29 is 14.3 Å². The molecule has 1 N–H and O–H groups in total. The predicted octanol–water partition coefficient (Wildman–Crippen LogP) is 2.21. The van der Waals surface area contributed by atoms with Gasteiger partial charge >= 0.3 is 0 Å². The third-order valence-corrected chi connectivity index (χ3v) is 3.26. The van der Waals surface area contributed by atoms with Crippen LogP contribution >= 0.6 is 11.6 Å². The van der Waals surface area contributed by atoms with Crippen LogP contribution in [0.2, 0.25) is 0 Å². The highest BCUT2D eigenvalue weighted by atomic mass is 35.5. The standard InChI is InChI=1S/C13H16ClNO3/c1-13(2,8-14)15-12(16)9-3-4-10-11(7-9)18-6-5-17-10/h3-4,7H,5-6,8H2,1-2H3,(H,15,16). The molecule has 1 aliphatic heterocycles. The first-order chi connectivity index (χ1) is 8.52. The Balaban J connectivity index is 2.16. The van der Waals surface area contributed by atoms with Crippen molar-refractivity contribution in [3.63, 3.8) is 0 Å². The minimum Gasteiger partial charge on any atom is -0.486 e. The second kappa shape index (κ2) is 5.06. The van der Waals surface area contributed by atoms with Gasteiger partial charge in [0.15, 0.2) is 11.5 Å². The summed E-state index contributed by atoms with van der Waals surface area (Å²) in [4.78, 5) is 12.0. The van der Waals surface area contributed by atoms with Gasteiger partial charge in [0.2, 0.25) is 0 Å². The molecule has 1 heterocycles. The van der Waals surface area contributed by atoms with Crippen molar-refractivity contribution in [3.05, 3.63) is 23.8 Å². The molecule has 4 nitrogen and oxygen atoms in total. The Labute approximate surface area is 111 Å². The number of alkyl halides is 1. The molecule has 1 amide bonds. The van der Waals surface area contributed by atoms with Gasteiger partial charge in [-0.25, -0.2) is 0 Å². The lowest BCUT2D eigenvalue weighted by atomic mass is 10.1. The van der Waals surface area contributed by atoms with Gasteiger partial charge in [0, 0.05) is 17.0 Å². The van der Waals surface area contributed by atoms with Gasteiger partial charge in [-0.3, -0.25) is 4.79 Å². The number of hydrogen-bond donors (Lipinski definition) is 1. The van der Waals surface area contributed by atoms with Crippen LogP contribution in [-0.2, 0) is 0 Å². The molecular weight excluding hydrogens is 254 g/mol. The average molecular weight is 270 g/mol.